The molecule has 0 spiro atoms. The van der Waals surface area contributed by atoms with Gasteiger partial charge in [-0.3, -0.25) is 0 Å². The molecule has 0 saturated carbocycles. The van der Waals surface area contributed by atoms with E-state index in [0.717, 1.165) is 19.3 Å². The molecule has 0 N–H and O–H groups in total. The average Bonchev–Trinajstić information content (AvgIpc) is 2.53. The number of hydrogen-bond acceptors (Lipinski definition) is 3. The number of carbonyl (C=O) groups is 1. The fourth-order valence-corrected chi connectivity index (χ4v) is 4.17. The van der Waals surface area contributed by atoms with E-state index in [9.17, 15) is 4.79 Å². The van der Waals surface area contributed by atoms with Gasteiger partial charge in [0.25, 0.3) is 0 Å². The second-order valence-electron chi connectivity index (χ2n) is 10.8. The third-order valence-corrected chi connectivity index (χ3v) is 10.1. The Hall–Kier alpha value is -0.873. The van der Waals surface area contributed by atoms with Crippen LogP contribution in [0.5, 0.6) is 0 Å². The van der Waals surface area contributed by atoms with Crippen LogP contribution in [0, 0.1) is 5.92 Å². The van der Waals surface area contributed by atoms with Gasteiger partial charge in [-0.15, -0.1) is 0 Å². The van der Waals surface area contributed by atoms with Gasteiger partial charge >= 0.3 is 5.97 Å². The van der Waals surface area contributed by atoms with Crippen LogP contribution in [0.15, 0.2) is 24.3 Å². The highest BCUT2D eigenvalue weighted by Gasteiger charge is 2.38. The van der Waals surface area contributed by atoms with Gasteiger partial charge in [-0.1, -0.05) is 72.1 Å². The summed E-state index contributed by atoms with van der Waals surface area (Å²) < 4.78 is 12.0. The van der Waals surface area contributed by atoms with Gasteiger partial charge in [-0.2, -0.15) is 0 Å². The van der Waals surface area contributed by atoms with Crippen LogP contribution in [-0.4, -0.2) is 26.0 Å². The smallest absolute Gasteiger partial charge is 0.331 e. The Kier molecular flexibility index (Phi) is 12.4. The molecule has 29 heavy (non-hydrogen) atoms. The molecule has 0 heterocycles. The highest BCUT2D eigenvalue weighted by atomic mass is 28.4. The van der Waals surface area contributed by atoms with Crippen molar-refractivity contribution in [1.82, 2.24) is 0 Å². The summed E-state index contributed by atoms with van der Waals surface area (Å²) in [5.74, 6) is 0.156. The average molecular weight is 425 g/mol. The molecule has 0 aromatic rings. The molecule has 0 radical (unpaired) electrons. The zero-order chi connectivity index (χ0) is 22.7. The lowest BCUT2D eigenvalue weighted by atomic mass is 9.99. The minimum Gasteiger partial charge on any atom is -0.457 e. The monoisotopic (exact) mass is 424 g/mol. The van der Waals surface area contributed by atoms with Gasteiger partial charge in [0.05, 0.1) is 0 Å². The van der Waals surface area contributed by atoms with Crippen molar-refractivity contribution in [2.75, 3.05) is 0 Å². The van der Waals surface area contributed by atoms with Crippen LogP contribution in [0.4, 0.5) is 0 Å². The van der Waals surface area contributed by atoms with Crippen molar-refractivity contribution in [1.29, 1.82) is 0 Å². The number of rotatable bonds is 12. The Morgan fingerprint density at radius 1 is 0.966 bits per heavy atom. The summed E-state index contributed by atoms with van der Waals surface area (Å²) in [7, 11) is -1.74. The van der Waals surface area contributed by atoms with Gasteiger partial charge in [-0.05, 0) is 64.1 Å². The van der Waals surface area contributed by atoms with Gasteiger partial charge in [-0.25, -0.2) is 4.79 Å². The van der Waals surface area contributed by atoms with Crippen LogP contribution in [-0.2, 0) is 14.0 Å². The highest BCUT2D eigenvalue weighted by Crippen LogP contribution is 2.38. The minimum absolute atomic E-state index is 0.244. The number of ether oxygens (including phenoxy) is 1. The first-order chi connectivity index (χ1) is 13.2. The summed E-state index contributed by atoms with van der Waals surface area (Å²) in [5, 5.41) is 0.244. The van der Waals surface area contributed by atoms with Crippen LogP contribution in [0.1, 0.15) is 93.9 Å². The minimum atomic E-state index is -1.74. The Balaban J connectivity index is 4.67. The maximum Gasteiger partial charge on any atom is 0.331 e. The zero-order valence-electron chi connectivity index (χ0n) is 20.9. The van der Waals surface area contributed by atoms with Crippen molar-refractivity contribution in [2.45, 2.75) is 124 Å². The molecule has 2 atom stereocenters. The van der Waals surface area contributed by atoms with Crippen LogP contribution >= 0.6 is 0 Å². The molecule has 0 aliphatic carbocycles. The number of allylic oxidation sites excluding steroid dienone is 3. The Labute approximate surface area is 182 Å². The maximum atomic E-state index is 11.7. The summed E-state index contributed by atoms with van der Waals surface area (Å²) in [6.45, 7) is 21.7. The number of carbonyl (C=O) groups excluding carboxylic acids is 1. The standard InChI is InChI=1S/C25H48O3Si/c1-11-12-13-17-22(28-29(9,10)25(6,7)8)20-19-21(2)16-14-15-18-23(26)27-24(3,4)5/h14-16,18,21-22H,11-13,17,19-20H2,1-10H3/b16-14+,18-15+/t21-,22-/m1/s1. The van der Waals surface area contributed by atoms with Crippen molar-refractivity contribution >= 4 is 14.3 Å². The van der Waals surface area contributed by atoms with Crippen LogP contribution in [0.3, 0.4) is 0 Å². The number of unbranched alkanes of at least 4 members (excludes halogenated alkanes) is 2. The lowest BCUT2D eigenvalue weighted by Gasteiger charge is -2.39. The Morgan fingerprint density at radius 2 is 1.59 bits per heavy atom. The van der Waals surface area contributed by atoms with E-state index in [1.165, 1.54) is 25.3 Å². The first kappa shape index (κ1) is 28.1. The molecule has 0 aromatic carbocycles. The van der Waals surface area contributed by atoms with E-state index in [1.807, 2.05) is 26.8 Å². The van der Waals surface area contributed by atoms with Crippen molar-refractivity contribution < 1.29 is 14.0 Å². The Morgan fingerprint density at radius 3 is 2.10 bits per heavy atom. The lowest BCUT2D eigenvalue weighted by molar-refractivity contribution is -0.148. The fourth-order valence-electron chi connectivity index (χ4n) is 2.75. The largest absolute Gasteiger partial charge is 0.457 e. The molecule has 0 fully saturated rings. The third-order valence-electron chi connectivity index (χ3n) is 5.53. The van der Waals surface area contributed by atoms with E-state index in [-0.39, 0.29) is 11.0 Å². The molecule has 0 saturated heterocycles. The summed E-state index contributed by atoms with van der Waals surface area (Å²) in [6.07, 6.45) is 14.9. The summed E-state index contributed by atoms with van der Waals surface area (Å²) >= 11 is 0. The molecule has 0 rings (SSSR count). The molecule has 0 aliphatic heterocycles. The molecular formula is C25H48O3Si. The predicted octanol–water partition coefficient (Wildman–Crippen LogP) is 7.83. The number of hydrogen-bond donors (Lipinski definition) is 0. The first-order valence-corrected chi connectivity index (χ1v) is 14.3. The summed E-state index contributed by atoms with van der Waals surface area (Å²) in [6, 6.07) is 0. The fraction of sp³-hybridized carbons (Fsp3) is 0.800. The van der Waals surface area contributed by atoms with Crippen molar-refractivity contribution in [3.63, 3.8) is 0 Å². The second kappa shape index (κ2) is 12.7. The van der Waals surface area contributed by atoms with E-state index in [0.29, 0.717) is 12.0 Å². The molecule has 4 heteroatoms. The molecule has 0 amide bonds. The van der Waals surface area contributed by atoms with E-state index in [2.05, 4.69) is 53.8 Å². The zero-order valence-corrected chi connectivity index (χ0v) is 21.9. The van der Waals surface area contributed by atoms with E-state index < -0.39 is 13.9 Å². The van der Waals surface area contributed by atoms with Crippen LogP contribution in [0.2, 0.25) is 18.1 Å². The molecule has 0 aromatic heterocycles. The number of esters is 1. The van der Waals surface area contributed by atoms with Gasteiger partial charge in [0.1, 0.15) is 5.60 Å². The molecule has 3 nitrogen and oxygen atoms in total. The Bertz CT molecular complexity index is 521. The second-order valence-corrected chi connectivity index (χ2v) is 15.6. The summed E-state index contributed by atoms with van der Waals surface area (Å²) in [5.41, 5.74) is -0.449. The molecule has 0 unspecified atom stereocenters. The molecule has 0 aliphatic rings. The van der Waals surface area contributed by atoms with Crippen molar-refractivity contribution in [3.8, 4) is 0 Å². The van der Waals surface area contributed by atoms with Crippen LogP contribution in [0.25, 0.3) is 0 Å². The van der Waals surface area contributed by atoms with Gasteiger partial charge in [0.15, 0.2) is 8.32 Å². The lowest BCUT2D eigenvalue weighted by Crippen LogP contribution is -2.44. The van der Waals surface area contributed by atoms with Crippen molar-refractivity contribution in [2.24, 2.45) is 5.92 Å². The predicted molar refractivity (Wildman–Crippen MR) is 129 cm³/mol. The van der Waals surface area contributed by atoms with Gasteiger partial charge in [0.2, 0.25) is 0 Å². The molecule has 0 bridgehead atoms. The van der Waals surface area contributed by atoms with Gasteiger partial charge < -0.3 is 9.16 Å². The van der Waals surface area contributed by atoms with E-state index >= 15 is 0 Å². The maximum absolute atomic E-state index is 11.7. The molecular weight excluding hydrogens is 376 g/mol. The highest BCUT2D eigenvalue weighted by molar-refractivity contribution is 6.74. The normalized spacial score (nSPS) is 15.8. The first-order valence-electron chi connectivity index (χ1n) is 11.4. The van der Waals surface area contributed by atoms with E-state index in [4.69, 9.17) is 9.16 Å². The quantitative estimate of drug-likeness (QED) is 0.105. The molecule has 170 valence electrons. The van der Waals surface area contributed by atoms with Crippen LogP contribution < -0.4 is 0 Å². The van der Waals surface area contributed by atoms with Gasteiger partial charge in [0, 0.05) is 12.2 Å². The van der Waals surface area contributed by atoms with Crippen molar-refractivity contribution in [3.05, 3.63) is 24.3 Å². The SMILES string of the molecule is CCCCC[C@H](CC[C@H](C)/C=C/C=C/C(=O)OC(C)(C)C)O[Si](C)(C)C(C)(C)C. The van der Waals surface area contributed by atoms with E-state index in [1.54, 1.807) is 6.08 Å². The summed E-state index contributed by atoms with van der Waals surface area (Å²) in [4.78, 5) is 11.7. The topological polar surface area (TPSA) is 35.5 Å². The third kappa shape index (κ3) is 13.9.